The molecule has 0 aliphatic heterocycles. The molecule has 2 rings (SSSR count). The highest BCUT2D eigenvalue weighted by molar-refractivity contribution is 5.94. The minimum Gasteiger partial charge on any atom is -0.349 e. The average Bonchev–Trinajstić information content (AvgIpc) is 2.59. The molecule has 0 saturated heterocycles. The minimum absolute atomic E-state index is 0.149. The summed E-state index contributed by atoms with van der Waals surface area (Å²) in [6.07, 6.45) is 11.6. The Morgan fingerprint density at radius 2 is 1.29 bits per heavy atom. The Kier molecular flexibility index (Phi) is 7.34. The maximum Gasteiger partial charge on any atom is 0.248 e. The number of nitrogens with zero attached hydrogens (tertiary/aromatic N) is 5. The molecule has 0 aromatic heterocycles. The van der Waals surface area contributed by atoms with Gasteiger partial charge in [0.05, 0.1) is 12.1 Å². The molecule has 0 aromatic carbocycles. The molecule has 24 heavy (non-hydrogen) atoms. The first-order valence-corrected chi connectivity index (χ1v) is 9.48. The van der Waals surface area contributed by atoms with Gasteiger partial charge in [-0.15, -0.1) is 0 Å². The van der Waals surface area contributed by atoms with Crippen molar-refractivity contribution in [1.29, 1.82) is 0 Å². The van der Waals surface area contributed by atoms with E-state index in [4.69, 9.17) is 9.98 Å². The number of rotatable bonds is 2. The Labute approximate surface area is 147 Å². The highest BCUT2D eigenvalue weighted by Crippen LogP contribution is 2.24. The van der Waals surface area contributed by atoms with Crippen LogP contribution in [0.4, 0.5) is 0 Å². The van der Waals surface area contributed by atoms with E-state index < -0.39 is 0 Å². The van der Waals surface area contributed by atoms with Crippen LogP contribution >= 0.6 is 0 Å². The molecule has 6 heteroatoms. The zero-order valence-corrected chi connectivity index (χ0v) is 15.9. The van der Waals surface area contributed by atoms with Crippen LogP contribution in [0.15, 0.2) is 9.98 Å². The molecule has 2 fully saturated rings. The van der Waals surface area contributed by atoms with Gasteiger partial charge in [-0.05, 0) is 25.7 Å². The lowest BCUT2D eigenvalue weighted by Gasteiger charge is -2.32. The number of hydrogen-bond acceptors (Lipinski definition) is 2. The Hall–Kier alpha value is -1.30. The van der Waals surface area contributed by atoms with E-state index in [2.05, 4.69) is 0 Å². The normalized spacial score (nSPS) is 20.6. The van der Waals surface area contributed by atoms with Crippen LogP contribution in [-0.2, 0) is 0 Å². The summed E-state index contributed by atoms with van der Waals surface area (Å²) in [7, 11) is 7.89. The summed E-state index contributed by atoms with van der Waals surface area (Å²) in [5.41, 5.74) is 0. The molecule has 0 atom stereocenters. The summed E-state index contributed by atoms with van der Waals surface area (Å²) in [6, 6.07) is 0.441. The van der Waals surface area contributed by atoms with Crippen molar-refractivity contribution in [3.8, 4) is 0 Å². The maximum absolute atomic E-state index is 10.8. The van der Waals surface area contributed by atoms with Crippen molar-refractivity contribution in [2.75, 3.05) is 28.2 Å². The van der Waals surface area contributed by atoms with Crippen LogP contribution in [0.1, 0.15) is 64.2 Å². The van der Waals surface area contributed by atoms with Gasteiger partial charge in [0.25, 0.3) is 0 Å². The summed E-state index contributed by atoms with van der Waals surface area (Å²) in [4.78, 5) is 13.5. The van der Waals surface area contributed by atoms with E-state index in [-0.39, 0.29) is 6.04 Å². The third-order valence-corrected chi connectivity index (χ3v) is 5.00. The maximum atomic E-state index is 10.8. The Balaban J connectivity index is 2.25. The minimum atomic E-state index is 0.149. The molecule has 0 unspecified atom stereocenters. The number of guanidine groups is 2. The molecule has 0 aromatic rings. The second kappa shape index (κ2) is 9.25. The van der Waals surface area contributed by atoms with Gasteiger partial charge in [-0.1, -0.05) is 38.5 Å². The van der Waals surface area contributed by atoms with Gasteiger partial charge in [0.1, 0.15) is 0 Å². The topological polar surface area (TPSA) is 54.7 Å². The van der Waals surface area contributed by atoms with Crippen LogP contribution in [0.25, 0.3) is 0 Å². The van der Waals surface area contributed by atoms with Crippen LogP contribution in [0.5, 0.6) is 0 Å². The predicted octanol–water partition coefficient (Wildman–Crippen LogP) is 3.18. The summed E-state index contributed by atoms with van der Waals surface area (Å²) in [5.74, 6) is 1.30. The number of hydrogen-bond donors (Lipinski definition) is 1. The lowest BCUT2D eigenvalue weighted by molar-refractivity contribution is -0.0658. The van der Waals surface area contributed by atoms with Gasteiger partial charge in [0, 0.05) is 28.2 Å². The largest absolute Gasteiger partial charge is 0.349 e. The molecule has 2 saturated carbocycles. The van der Waals surface area contributed by atoms with Crippen molar-refractivity contribution in [1.82, 2.24) is 14.9 Å². The van der Waals surface area contributed by atoms with Crippen LogP contribution in [0.3, 0.4) is 0 Å². The van der Waals surface area contributed by atoms with Gasteiger partial charge in [-0.3, -0.25) is 5.21 Å². The fourth-order valence-electron chi connectivity index (χ4n) is 3.69. The van der Waals surface area contributed by atoms with Gasteiger partial charge < -0.3 is 9.80 Å². The highest BCUT2D eigenvalue weighted by atomic mass is 16.5. The van der Waals surface area contributed by atoms with Crippen molar-refractivity contribution in [3.63, 3.8) is 0 Å². The number of aliphatic imine (C=N–C) groups is 2. The lowest BCUT2D eigenvalue weighted by atomic mass is 9.95. The van der Waals surface area contributed by atoms with E-state index in [1.165, 1.54) is 43.6 Å². The molecular formula is C18H35N5O. The van der Waals surface area contributed by atoms with Crippen molar-refractivity contribution in [2.45, 2.75) is 76.3 Å². The molecule has 0 heterocycles. The van der Waals surface area contributed by atoms with Gasteiger partial charge >= 0.3 is 0 Å². The molecule has 2 aliphatic carbocycles. The zero-order valence-electron chi connectivity index (χ0n) is 15.9. The summed E-state index contributed by atoms with van der Waals surface area (Å²) >= 11 is 0. The quantitative estimate of drug-likeness (QED) is 0.478. The molecule has 138 valence electrons. The molecule has 2 aliphatic rings. The van der Waals surface area contributed by atoms with Crippen molar-refractivity contribution in [3.05, 3.63) is 0 Å². The van der Waals surface area contributed by atoms with Crippen molar-refractivity contribution in [2.24, 2.45) is 9.98 Å². The lowest BCUT2D eigenvalue weighted by Crippen LogP contribution is -2.42. The van der Waals surface area contributed by atoms with E-state index in [1.54, 1.807) is 0 Å². The molecule has 1 N–H and O–H groups in total. The van der Waals surface area contributed by atoms with Crippen LogP contribution in [0.2, 0.25) is 0 Å². The Morgan fingerprint density at radius 1 is 0.792 bits per heavy atom. The van der Waals surface area contributed by atoms with Gasteiger partial charge in [0.2, 0.25) is 11.9 Å². The fourth-order valence-corrected chi connectivity index (χ4v) is 3.69. The number of hydroxylamine groups is 2. The summed E-state index contributed by atoms with van der Waals surface area (Å²) < 4.78 is 0. The first-order chi connectivity index (χ1) is 11.5. The summed E-state index contributed by atoms with van der Waals surface area (Å²) in [6.45, 7) is 0. The van der Waals surface area contributed by atoms with Crippen molar-refractivity contribution < 1.29 is 5.21 Å². The van der Waals surface area contributed by atoms with E-state index in [0.717, 1.165) is 31.6 Å². The Bertz CT molecular complexity index is 425. The molecule has 0 bridgehead atoms. The van der Waals surface area contributed by atoms with Crippen molar-refractivity contribution >= 4 is 11.9 Å². The fraction of sp³-hybridized carbons (Fsp3) is 0.889. The van der Waals surface area contributed by atoms with E-state index in [1.807, 2.05) is 38.0 Å². The average molecular weight is 338 g/mol. The standard InChI is InChI=1S/C18H35N5O/c1-21(2)18(22(3)4)20-17(19-15-11-7-5-8-12-15)23(24)16-13-9-6-10-14-16/h15-16,24H,5-14H2,1-4H3. The zero-order chi connectivity index (χ0) is 17.5. The second-order valence-electron chi connectivity index (χ2n) is 7.56. The molecule has 6 nitrogen and oxygen atoms in total. The van der Waals surface area contributed by atoms with Gasteiger partial charge in [-0.25, -0.2) is 10.1 Å². The highest BCUT2D eigenvalue weighted by Gasteiger charge is 2.25. The molecular weight excluding hydrogens is 302 g/mol. The van der Waals surface area contributed by atoms with E-state index in [9.17, 15) is 5.21 Å². The van der Waals surface area contributed by atoms with E-state index in [0.29, 0.717) is 12.0 Å². The monoisotopic (exact) mass is 337 g/mol. The third kappa shape index (κ3) is 5.36. The predicted molar refractivity (Wildman–Crippen MR) is 99.6 cm³/mol. The second-order valence-corrected chi connectivity index (χ2v) is 7.56. The SMILES string of the molecule is CN(C)C(=NC(=NC1CCCCC1)N(O)C1CCCCC1)N(C)C. The summed E-state index contributed by atoms with van der Waals surface area (Å²) in [5, 5.41) is 12.2. The van der Waals surface area contributed by atoms with Crippen LogP contribution in [0, 0.1) is 0 Å². The van der Waals surface area contributed by atoms with Crippen LogP contribution < -0.4 is 0 Å². The Morgan fingerprint density at radius 3 is 1.79 bits per heavy atom. The third-order valence-electron chi connectivity index (χ3n) is 5.00. The van der Waals surface area contributed by atoms with E-state index >= 15 is 0 Å². The smallest absolute Gasteiger partial charge is 0.248 e. The van der Waals surface area contributed by atoms with Crippen LogP contribution in [-0.4, -0.2) is 72.3 Å². The molecule has 0 spiro atoms. The first kappa shape index (κ1) is 19.0. The van der Waals surface area contributed by atoms with Gasteiger partial charge in [0.15, 0.2) is 0 Å². The molecule has 0 amide bonds. The van der Waals surface area contributed by atoms with Gasteiger partial charge in [-0.2, -0.15) is 4.99 Å². The molecule has 0 radical (unpaired) electrons. The first-order valence-electron chi connectivity index (χ1n) is 9.48.